The van der Waals surface area contributed by atoms with Crippen LogP contribution in [-0.2, 0) is 13.5 Å². The molecule has 1 rings (SSSR count). The lowest BCUT2D eigenvalue weighted by Gasteiger charge is -2.19. The van der Waals surface area contributed by atoms with Gasteiger partial charge in [-0.25, -0.2) is 0 Å². The van der Waals surface area contributed by atoms with Crippen LogP contribution in [0.2, 0.25) is 5.02 Å². The Hall–Kier alpha value is -0.580. The van der Waals surface area contributed by atoms with Gasteiger partial charge in [0.05, 0.1) is 16.4 Å². The van der Waals surface area contributed by atoms with E-state index >= 15 is 0 Å². The fraction of sp³-hybridized carbons (Fsp3) is 0.750. The zero-order chi connectivity index (χ0) is 13.0. The minimum atomic E-state index is 0.247. The van der Waals surface area contributed by atoms with Gasteiger partial charge in [0.1, 0.15) is 0 Å². The number of aryl methyl sites for hydroxylation is 2. The van der Waals surface area contributed by atoms with Crippen molar-refractivity contribution in [1.82, 2.24) is 15.2 Å². The lowest BCUT2D eigenvalue weighted by molar-refractivity contribution is 0.391. The van der Waals surface area contributed by atoms with Gasteiger partial charge < -0.3 is 0 Å². The second-order valence-corrected chi connectivity index (χ2v) is 5.16. The summed E-state index contributed by atoms with van der Waals surface area (Å²) in [5, 5.41) is 5.07. The van der Waals surface area contributed by atoms with Gasteiger partial charge in [-0.05, 0) is 19.3 Å². The Morgan fingerprint density at radius 3 is 2.59 bits per heavy atom. The summed E-state index contributed by atoms with van der Waals surface area (Å²) in [4.78, 5) is 0. The van der Waals surface area contributed by atoms with E-state index in [9.17, 15) is 0 Å². The first-order valence-corrected chi connectivity index (χ1v) is 6.51. The van der Waals surface area contributed by atoms with Crippen LogP contribution in [0.4, 0.5) is 0 Å². The number of aromatic nitrogens is 2. The summed E-state index contributed by atoms with van der Waals surface area (Å²) in [6, 6.07) is 0.247. The number of rotatable bonds is 6. The van der Waals surface area contributed by atoms with Crippen molar-refractivity contribution in [1.29, 1.82) is 0 Å². The molecular weight excluding hydrogens is 236 g/mol. The SMILES string of the molecule is CCC(C)CC(Cc1c(Cl)c(C)nn1C)NN. The van der Waals surface area contributed by atoms with E-state index in [1.807, 2.05) is 18.7 Å². The van der Waals surface area contributed by atoms with E-state index < -0.39 is 0 Å². The lowest BCUT2D eigenvalue weighted by atomic mass is 9.96. The van der Waals surface area contributed by atoms with Crippen LogP contribution in [0, 0.1) is 12.8 Å². The molecule has 0 aliphatic rings. The highest BCUT2D eigenvalue weighted by Crippen LogP contribution is 2.22. The van der Waals surface area contributed by atoms with Crippen LogP contribution < -0.4 is 11.3 Å². The third-order valence-corrected chi connectivity index (χ3v) is 3.81. The Balaban J connectivity index is 2.73. The molecule has 1 aromatic rings. The summed E-state index contributed by atoms with van der Waals surface area (Å²) in [6.45, 7) is 6.35. The number of nitrogens with two attached hydrogens (primary N) is 1. The largest absolute Gasteiger partial charge is 0.271 e. The Morgan fingerprint density at radius 1 is 1.53 bits per heavy atom. The number of nitrogens with zero attached hydrogens (tertiary/aromatic N) is 2. The van der Waals surface area contributed by atoms with Crippen LogP contribution >= 0.6 is 11.6 Å². The van der Waals surface area contributed by atoms with Crippen LogP contribution in [0.3, 0.4) is 0 Å². The lowest BCUT2D eigenvalue weighted by Crippen LogP contribution is -2.38. The first kappa shape index (κ1) is 14.5. The van der Waals surface area contributed by atoms with E-state index in [-0.39, 0.29) is 6.04 Å². The summed E-state index contributed by atoms with van der Waals surface area (Å²) >= 11 is 6.23. The van der Waals surface area contributed by atoms with E-state index in [1.165, 1.54) is 0 Å². The Morgan fingerprint density at radius 2 is 2.18 bits per heavy atom. The number of hydrogen-bond acceptors (Lipinski definition) is 3. The van der Waals surface area contributed by atoms with E-state index in [1.54, 1.807) is 0 Å². The van der Waals surface area contributed by atoms with Gasteiger partial charge in [0.2, 0.25) is 0 Å². The molecule has 0 saturated heterocycles. The molecule has 2 atom stereocenters. The number of hydrazine groups is 1. The Kier molecular flexibility index (Phi) is 5.43. The van der Waals surface area contributed by atoms with Crippen molar-refractivity contribution < 1.29 is 0 Å². The van der Waals surface area contributed by atoms with Crippen molar-refractivity contribution in [2.45, 2.75) is 46.1 Å². The van der Waals surface area contributed by atoms with Crippen LogP contribution in [0.15, 0.2) is 0 Å². The topological polar surface area (TPSA) is 55.9 Å². The highest BCUT2D eigenvalue weighted by atomic mass is 35.5. The van der Waals surface area contributed by atoms with Gasteiger partial charge in [0.25, 0.3) is 0 Å². The smallest absolute Gasteiger partial charge is 0.0847 e. The van der Waals surface area contributed by atoms with Gasteiger partial charge >= 0.3 is 0 Å². The van der Waals surface area contributed by atoms with Gasteiger partial charge in [0.15, 0.2) is 0 Å². The van der Waals surface area contributed by atoms with Crippen molar-refractivity contribution in [3.05, 3.63) is 16.4 Å². The maximum Gasteiger partial charge on any atom is 0.0847 e. The molecule has 0 amide bonds. The third kappa shape index (κ3) is 3.69. The minimum Gasteiger partial charge on any atom is -0.271 e. The second kappa shape index (κ2) is 6.38. The normalized spacial score (nSPS) is 14.9. The summed E-state index contributed by atoms with van der Waals surface area (Å²) < 4.78 is 1.85. The van der Waals surface area contributed by atoms with Gasteiger partial charge in [-0.3, -0.25) is 16.0 Å². The van der Waals surface area contributed by atoms with Crippen LogP contribution in [0.1, 0.15) is 38.1 Å². The van der Waals surface area contributed by atoms with Crippen molar-refractivity contribution in [2.75, 3.05) is 0 Å². The zero-order valence-electron chi connectivity index (χ0n) is 11.1. The molecule has 2 unspecified atom stereocenters. The number of halogens is 1. The van der Waals surface area contributed by atoms with Gasteiger partial charge in [-0.1, -0.05) is 31.9 Å². The summed E-state index contributed by atoms with van der Waals surface area (Å²) in [7, 11) is 1.92. The average Bonchev–Trinajstić information content (AvgIpc) is 2.54. The summed E-state index contributed by atoms with van der Waals surface area (Å²) in [6.07, 6.45) is 3.03. The van der Waals surface area contributed by atoms with E-state index in [0.717, 1.165) is 35.7 Å². The molecular formula is C12H23ClN4. The second-order valence-electron chi connectivity index (χ2n) is 4.79. The molecule has 0 spiro atoms. The maximum atomic E-state index is 6.23. The fourth-order valence-corrected chi connectivity index (χ4v) is 2.24. The van der Waals surface area contributed by atoms with Crippen molar-refractivity contribution >= 4 is 11.6 Å². The molecule has 17 heavy (non-hydrogen) atoms. The minimum absolute atomic E-state index is 0.247. The molecule has 1 heterocycles. The molecule has 0 fully saturated rings. The van der Waals surface area contributed by atoms with Gasteiger partial charge in [-0.15, -0.1) is 0 Å². The van der Waals surface area contributed by atoms with E-state index in [2.05, 4.69) is 24.4 Å². The van der Waals surface area contributed by atoms with Crippen molar-refractivity contribution in [3.8, 4) is 0 Å². The summed E-state index contributed by atoms with van der Waals surface area (Å²) in [5.74, 6) is 6.26. The van der Waals surface area contributed by atoms with Crippen LogP contribution in [0.25, 0.3) is 0 Å². The first-order valence-electron chi connectivity index (χ1n) is 6.13. The Bertz CT molecular complexity index is 362. The molecule has 0 bridgehead atoms. The van der Waals surface area contributed by atoms with Crippen molar-refractivity contribution in [2.24, 2.45) is 18.8 Å². The molecule has 0 aliphatic carbocycles. The van der Waals surface area contributed by atoms with Crippen LogP contribution in [-0.4, -0.2) is 15.8 Å². The molecule has 1 aromatic heterocycles. The fourth-order valence-electron chi connectivity index (χ4n) is 2.00. The predicted octanol–water partition coefficient (Wildman–Crippen LogP) is 2.19. The highest BCUT2D eigenvalue weighted by molar-refractivity contribution is 6.31. The molecule has 98 valence electrons. The van der Waals surface area contributed by atoms with Crippen molar-refractivity contribution in [3.63, 3.8) is 0 Å². The molecule has 0 aromatic carbocycles. The van der Waals surface area contributed by atoms with E-state index in [4.69, 9.17) is 17.4 Å². The van der Waals surface area contributed by atoms with E-state index in [0.29, 0.717) is 5.92 Å². The quantitative estimate of drug-likeness (QED) is 0.608. The monoisotopic (exact) mass is 258 g/mol. The highest BCUT2D eigenvalue weighted by Gasteiger charge is 2.17. The Labute approximate surface area is 108 Å². The maximum absolute atomic E-state index is 6.23. The van der Waals surface area contributed by atoms with Gasteiger partial charge in [-0.2, -0.15) is 5.10 Å². The standard InChI is InChI=1S/C12H23ClN4/c1-5-8(2)6-10(15-14)7-11-12(13)9(3)16-17(11)4/h8,10,15H,5-7,14H2,1-4H3. The number of nitrogens with one attached hydrogen (secondary N) is 1. The van der Waals surface area contributed by atoms with Crippen LogP contribution in [0.5, 0.6) is 0 Å². The average molecular weight is 259 g/mol. The molecule has 4 nitrogen and oxygen atoms in total. The summed E-state index contributed by atoms with van der Waals surface area (Å²) in [5.41, 5.74) is 4.81. The molecule has 0 radical (unpaired) electrons. The van der Waals surface area contributed by atoms with Gasteiger partial charge in [0, 0.05) is 19.5 Å². The molecule has 5 heteroatoms. The molecule has 0 aliphatic heterocycles. The predicted molar refractivity (Wildman–Crippen MR) is 71.8 cm³/mol. The number of hydrogen-bond donors (Lipinski definition) is 2. The first-order chi connectivity index (χ1) is 7.99. The molecule has 0 saturated carbocycles. The third-order valence-electron chi connectivity index (χ3n) is 3.32. The molecule has 3 N–H and O–H groups in total. The zero-order valence-corrected chi connectivity index (χ0v) is 11.9.